The molecule has 22 heavy (non-hydrogen) atoms. The van der Waals surface area contributed by atoms with E-state index in [0.717, 1.165) is 5.56 Å². The van der Waals surface area contributed by atoms with E-state index in [1.165, 1.54) is 6.08 Å². The fourth-order valence-corrected chi connectivity index (χ4v) is 1.93. The number of hydrogen-bond acceptors (Lipinski definition) is 4. The van der Waals surface area contributed by atoms with E-state index in [9.17, 15) is 4.79 Å². The number of benzene rings is 1. The average Bonchev–Trinajstić information content (AvgIpc) is 2.51. The summed E-state index contributed by atoms with van der Waals surface area (Å²) in [6, 6.07) is 7.46. The summed E-state index contributed by atoms with van der Waals surface area (Å²) in [6.45, 7) is 2.43. The average molecular weight is 323 g/mol. The second kappa shape index (κ2) is 9.75. The molecule has 0 bridgehead atoms. The molecule has 1 rings (SSSR count). The van der Waals surface area contributed by atoms with Gasteiger partial charge in [-0.25, -0.2) is 0 Å². The van der Waals surface area contributed by atoms with E-state index in [-0.39, 0.29) is 11.9 Å². The molecular weight excluding hydrogens is 302 g/mol. The highest BCUT2D eigenvalue weighted by molar-refractivity contribution is 7.80. The van der Waals surface area contributed by atoms with Crippen LogP contribution in [0.25, 0.3) is 6.08 Å². The van der Waals surface area contributed by atoms with Crippen molar-refractivity contribution in [1.82, 2.24) is 16.2 Å². The third-order valence-corrected chi connectivity index (χ3v) is 2.87. The smallest absolute Gasteiger partial charge is 0.262 e. The predicted molar refractivity (Wildman–Crippen MR) is 90.4 cm³/mol. The Morgan fingerprint density at radius 3 is 2.73 bits per heavy atom. The Labute approximate surface area is 135 Å². The van der Waals surface area contributed by atoms with E-state index in [1.54, 1.807) is 20.3 Å². The molecule has 3 N–H and O–H groups in total. The molecule has 1 aromatic carbocycles. The Balaban J connectivity index is 2.43. The summed E-state index contributed by atoms with van der Waals surface area (Å²) in [5, 5.41) is 3.29. The Kier molecular flexibility index (Phi) is 7.95. The monoisotopic (exact) mass is 323 g/mol. The molecule has 1 atom stereocenters. The maximum Gasteiger partial charge on any atom is 0.262 e. The van der Waals surface area contributed by atoms with Gasteiger partial charge >= 0.3 is 0 Å². The summed E-state index contributed by atoms with van der Waals surface area (Å²) in [6.07, 6.45) is 3.06. The summed E-state index contributed by atoms with van der Waals surface area (Å²) in [5.41, 5.74) is 5.91. The van der Waals surface area contributed by atoms with Crippen LogP contribution in [0.5, 0.6) is 5.75 Å². The van der Waals surface area contributed by atoms with Crippen LogP contribution in [-0.4, -0.2) is 37.9 Å². The van der Waals surface area contributed by atoms with Gasteiger partial charge in [0.25, 0.3) is 5.91 Å². The Morgan fingerprint density at radius 2 is 2.05 bits per heavy atom. The number of carbonyl (C=O) groups is 1. The lowest BCUT2D eigenvalue weighted by Crippen LogP contribution is -2.49. The molecule has 1 aromatic rings. The van der Waals surface area contributed by atoms with Crippen molar-refractivity contribution in [3.63, 3.8) is 0 Å². The number of thiocarbonyl (C=S) groups is 1. The summed E-state index contributed by atoms with van der Waals surface area (Å²) in [5.74, 6) is 0.375. The van der Waals surface area contributed by atoms with Crippen LogP contribution in [0.1, 0.15) is 12.5 Å². The number of ether oxygens (including phenoxy) is 2. The molecule has 0 aliphatic carbocycles. The Hall–Kier alpha value is -2.12. The lowest BCUT2D eigenvalue weighted by Gasteiger charge is -2.15. The molecule has 0 heterocycles. The normalized spacial score (nSPS) is 11.8. The number of nitrogens with one attached hydrogen (secondary N) is 3. The van der Waals surface area contributed by atoms with Gasteiger partial charge in [-0.1, -0.05) is 18.2 Å². The van der Waals surface area contributed by atoms with Crippen molar-refractivity contribution in [2.45, 2.75) is 13.0 Å². The maximum absolute atomic E-state index is 11.7. The van der Waals surface area contributed by atoms with Crippen LogP contribution in [0, 0.1) is 0 Å². The van der Waals surface area contributed by atoms with Gasteiger partial charge in [-0.05, 0) is 31.3 Å². The standard InChI is InChI=1S/C15H21N3O3S/c1-11(10-20-2)16-15(22)18-17-14(19)9-8-12-6-4-5-7-13(12)21-3/h4-9,11H,10H2,1-3H3,(H,17,19)(H2,16,18,22)/b9-8+/t11-/m1/s1. The third kappa shape index (κ3) is 6.55. The SMILES string of the molecule is COC[C@@H](C)NC(=S)NNC(=O)/C=C/c1ccccc1OC. The van der Waals surface area contributed by atoms with Crippen molar-refractivity contribution in [3.05, 3.63) is 35.9 Å². The quantitative estimate of drug-likeness (QED) is 0.416. The molecule has 0 aliphatic heterocycles. The van der Waals surface area contributed by atoms with Crippen LogP contribution in [0.3, 0.4) is 0 Å². The highest BCUT2D eigenvalue weighted by Crippen LogP contribution is 2.18. The van der Waals surface area contributed by atoms with Gasteiger partial charge in [0.2, 0.25) is 0 Å². The van der Waals surface area contributed by atoms with Gasteiger partial charge in [-0.2, -0.15) is 0 Å². The number of carbonyl (C=O) groups excluding carboxylic acids is 1. The van der Waals surface area contributed by atoms with Gasteiger partial charge < -0.3 is 14.8 Å². The first-order chi connectivity index (χ1) is 10.6. The van der Waals surface area contributed by atoms with E-state index in [1.807, 2.05) is 31.2 Å². The third-order valence-electron chi connectivity index (χ3n) is 2.65. The zero-order valence-corrected chi connectivity index (χ0v) is 13.7. The van der Waals surface area contributed by atoms with Crippen molar-refractivity contribution in [1.29, 1.82) is 0 Å². The van der Waals surface area contributed by atoms with Crippen LogP contribution in [0.2, 0.25) is 0 Å². The van der Waals surface area contributed by atoms with Crippen molar-refractivity contribution >= 4 is 29.3 Å². The van der Waals surface area contributed by atoms with E-state index in [0.29, 0.717) is 17.5 Å². The minimum absolute atomic E-state index is 0.0472. The first-order valence-electron chi connectivity index (χ1n) is 6.73. The van der Waals surface area contributed by atoms with Crippen molar-refractivity contribution in [2.24, 2.45) is 0 Å². The topological polar surface area (TPSA) is 71.6 Å². The van der Waals surface area contributed by atoms with E-state index in [4.69, 9.17) is 21.7 Å². The first-order valence-corrected chi connectivity index (χ1v) is 7.14. The molecule has 0 radical (unpaired) electrons. The molecule has 6 nitrogen and oxygen atoms in total. The van der Waals surface area contributed by atoms with Crippen molar-refractivity contribution < 1.29 is 14.3 Å². The zero-order chi connectivity index (χ0) is 16.4. The molecule has 1 amide bonds. The second-order valence-electron chi connectivity index (χ2n) is 4.52. The van der Waals surface area contributed by atoms with Crippen LogP contribution in [0.15, 0.2) is 30.3 Å². The fraction of sp³-hybridized carbons (Fsp3) is 0.333. The molecule has 7 heteroatoms. The lowest BCUT2D eigenvalue weighted by molar-refractivity contribution is -0.116. The number of hydrogen-bond donors (Lipinski definition) is 3. The molecule has 0 saturated carbocycles. The minimum Gasteiger partial charge on any atom is -0.496 e. The highest BCUT2D eigenvalue weighted by atomic mass is 32.1. The zero-order valence-electron chi connectivity index (χ0n) is 12.9. The lowest BCUT2D eigenvalue weighted by atomic mass is 10.2. The summed E-state index contributed by atoms with van der Waals surface area (Å²) in [7, 11) is 3.19. The fourth-order valence-electron chi connectivity index (χ4n) is 1.68. The first kappa shape index (κ1) is 17.9. The number of para-hydroxylation sites is 1. The number of methoxy groups -OCH3 is 2. The molecule has 0 unspecified atom stereocenters. The minimum atomic E-state index is -0.325. The molecule has 0 aliphatic rings. The van der Waals surface area contributed by atoms with Crippen LogP contribution in [0.4, 0.5) is 0 Å². The molecule has 120 valence electrons. The molecule has 0 saturated heterocycles. The van der Waals surface area contributed by atoms with E-state index >= 15 is 0 Å². The van der Waals surface area contributed by atoms with Gasteiger partial charge in [0, 0.05) is 24.8 Å². The van der Waals surface area contributed by atoms with E-state index in [2.05, 4.69) is 16.2 Å². The molecular formula is C15H21N3O3S. The van der Waals surface area contributed by atoms with Gasteiger partial charge in [0.05, 0.1) is 13.7 Å². The second-order valence-corrected chi connectivity index (χ2v) is 4.93. The van der Waals surface area contributed by atoms with Crippen LogP contribution >= 0.6 is 12.2 Å². The van der Waals surface area contributed by atoms with E-state index < -0.39 is 0 Å². The number of amides is 1. The number of hydrazine groups is 1. The van der Waals surface area contributed by atoms with Crippen molar-refractivity contribution in [2.75, 3.05) is 20.8 Å². The summed E-state index contributed by atoms with van der Waals surface area (Å²) >= 11 is 5.04. The highest BCUT2D eigenvalue weighted by Gasteiger charge is 2.04. The van der Waals surface area contributed by atoms with Crippen LogP contribution < -0.4 is 20.9 Å². The Morgan fingerprint density at radius 1 is 1.32 bits per heavy atom. The molecule has 0 aromatic heterocycles. The Bertz CT molecular complexity index is 535. The molecule has 0 spiro atoms. The summed E-state index contributed by atoms with van der Waals surface area (Å²) in [4.78, 5) is 11.7. The molecule has 0 fully saturated rings. The maximum atomic E-state index is 11.7. The van der Waals surface area contributed by atoms with Gasteiger partial charge in [-0.3, -0.25) is 15.6 Å². The predicted octanol–water partition coefficient (Wildman–Crippen LogP) is 1.24. The largest absolute Gasteiger partial charge is 0.496 e. The van der Waals surface area contributed by atoms with Crippen molar-refractivity contribution in [3.8, 4) is 5.75 Å². The van der Waals surface area contributed by atoms with Gasteiger partial charge in [0.15, 0.2) is 5.11 Å². The van der Waals surface area contributed by atoms with Crippen LogP contribution in [-0.2, 0) is 9.53 Å². The number of rotatable bonds is 6. The van der Waals surface area contributed by atoms with Gasteiger partial charge in [-0.15, -0.1) is 0 Å². The summed E-state index contributed by atoms with van der Waals surface area (Å²) < 4.78 is 10.2. The van der Waals surface area contributed by atoms with Gasteiger partial charge in [0.1, 0.15) is 5.75 Å².